The average molecular weight is 519 g/mol. The van der Waals surface area contributed by atoms with E-state index in [0.29, 0.717) is 16.0 Å². The van der Waals surface area contributed by atoms with Gasteiger partial charge in [-0.15, -0.1) is 0 Å². The highest BCUT2D eigenvalue weighted by Gasteiger charge is 2.35. The van der Waals surface area contributed by atoms with Crippen LogP contribution in [0.25, 0.3) is 0 Å². The van der Waals surface area contributed by atoms with Crippen molar-refractivity contribution in [2.45, 2.75) is 44.1 Å². The van der Waals surface area contributed by atoms with Crippen molar-refractivity contribution in [3.8, 4) is 11.5 Å². The first-order chi connectivity index (χ1) is 15.7. The number of carbonyl (C=O) groups is 2. The predicted octanol–water partition coefficient (Wildman–Crippen LogP) is 1.78. The van der Waals surface area contributed by atoms with E-state index < -0.39 is 36.2 Å². The molecule has 33 heavy (non-hydrogen) atoms. The van der Waals surface area contributed by atoms with Crippen LogP contribution in [0.5, 0.6) is 11.5 Å². The molecule has 0 aromatic heterocycles. The molecule has 2 aromatic carbocycles. The molecule has 1 aliphatic carbocycles. The van der Waals surface area contributed by atoms with Gasteiger partial charge in [-0.2, -0.15) is 0 Å². The van der Waals surface area contributed by atoms with Crippen LogP contribution in [0.2, 0.25) is 0 Å². The summed E-state index contributed by atoms with van der Waals surface area (Å²) in [5.41, 5.74) is 7.51. The number of primary amides is 1. The Bertz CT molecular complexity index is 1040. The van der Waals surface area contributed by atoms with Gasteiger partial charge in [-0.25, -0.2) is 0 Å². The van der Waals surface area contributed by atoms with Gasteiger partial charge in [0.25, 0.3) is 0 Å². The lowest BCUT2D eigenvalue weighted by molar-refractivity contribution is -0.126. The molecule has 2 aromatic rings. The first-order valence-corrected chi connectivity index (χ1v) is 11.2. The molecule has 176 valence electrons. The maximum atomic E-state index is 12.9. The second-order valence-electron chi connectivity index (χ2n) is 7.95. The third kappa shape index (κ3) is 6.34. The summed E-state index contributed by atoms with van der Waals surface area (Å²) in [7, 11) is 1.55. The van der Waals surface area contributed by atoms with Gasteiger partial charge in [0.05, 0.1) is 17.7 Å². The predicted molar refractivity (Wildman–Crippen MR) is 126 cm³/mol. The highest BCUT2D eigenvalue weighted by Crippen LogP contribution is 2.30. The SMILES string of the molecule is COc1ccc(C[C@H](NC(=O)C2=C[C@@H](Oc3ccc(C)cc3Br)[C@H](O)[C@H](O)C2)C(N)=O)cc1. The van der Waals surface area contributed by atoms with Crippen LogP contribution in [0, 0.1) is 6.92 Å². The number of aliphatic hydroxyl groups is 2. The van der Waals surface area contributed by atoms with Crippen molar-refractivity contribution in [2.75, 3.05) is 7.11 Å². The van der Waals surface area contributed by atoms with Gasteiger partial charge in [-0.1, -0.05) is 18.2 Å². The molecule has 0 fully saturated rings. The third-order valence-electron chi connectivity index (χ3n) is 5.42. The number of ether oxygens (including phenoxy) is 2. The summed E-state index contributed by atoms with van der Waals surface area (Å²) in [5.74, 6) is -0.115. The summed E-state index contributed by atoms with van der Waals surface area (Å²) in [6.45, 7) is 1.93. The van der Waals surface area contributed by atoms with Crippen LogP contribution in [0.3, 0.4) is 0 Å². The topological polar surface area (TPSA) is 131 Å². The zero-order chi connectivity index (χ0) is 24.1. The first kappa shape index (κ1) is 24.8. The van der Waals surface area contributed by atoms with E-state index in [0.717, 1.165) is 11.1 Å². The molecule has 5 N–H and O–H groups in total. The summed E-state index contributed by atoms with van der Waals surface area (Å²) in [6.07, 6.45) is -1.82. The van der Waals surface area contributed by atoms with Crippen molar-refractivity contribution < 1.29 is 29.3 Å². The minimum atomic E-state index is -1.22. The lowest BCUT2D eigenvalue weighted by atomic mass is 9.91. The molecule has 0 saturated heterocycles. The van der Waals surface area contributed by atoms with Gasteiger partial charge >= 0.3 is 0 Å². The Hall–Kier alpha value is -2.88. The second kappa shape index (κ2) is 10.8. The van der Waals surface area contributed by atoms with Crippen LogP contribution in [-0.4, -0.2) is 53.5 Å². The maximum absolute atomic E-state index is 12.9. The van der Waals surface area contributed by atoms with Crippen LogP contribution in [-0.2, 0) is 16.0 Å². The van der Waals surface area contributed by atoms with Gasteiger partial charge in [0, 0.05) is 18.4 Å². The lowest BCUT2D eigenvalue weighted by Crippen LogP contribution is -2.49. The minimum Gasteiger partial charge on any atom is -0.497 e. The molecule has 1 aliphatic rings. The number of aryl methyl sites for hydroxylation is 1. The van der Waals surface area contributed by atoms with Crippen molar-refractivity contribution in [3.63, 3.8) is 0 Å². The molecular weight excluding hydrogens is 492 g/mol. The zero-order valence-corrected chi connectivity index (χ0v) is 19.9. The smallest absolute Gasteiger partial charge is 0.247 e. The average Bonchev–Trinajstić information content (AvgIpc) is 2.78. The van der Waals surface area contributed by atoms with E-state index in [1.54, 1.807) is 37.4 Å². The van der Waals surface area contributed by atoms with Crippen molar-refractivity contribution in [2.24, 2.45) is 5.73 Å². The molecule has 0 bridgehead atoms. The maximum Gasteiger partial charge on any atom is 0.247 e. The fourth-order valence-electron chi connectivity index (χ4n) is 3.52. The van der Waals surface area contributed by atoms with E-state index in [1.807, 2.05) is 19.1 Å². The summed E-state index contributed by atoms with van der Waals surface area (Å²) >= 11 is 3.41. The number of aliphatic hydroxyl groups excluding tert-OH is 2. The summed E-state index contributed by atoms with van der Waals surface area (Å²) in [6, 6.07) is 11.5. The highest BCUT2D eigenvalue weighted by molar-refractivity contribution is 9.10. The Balaban J connectivity index is 1.75. The van der Waals surface area contributed by atoms with E-state index in [4.69, 9.17) is 15.2 Å². The Morgan fingerprint density at radius 3 is 2.52 bits per heavy atom. The van der Waals surface area contributed by atoms with Crippen LogP contribution >= 0.6 is 15.9 Å². The number of halogens is 1. The first-order valence-electron chi connectivity index (χ1n) is 10.4. The highest BCUT2D eigenvalue weighted by atomic mass is 79.9. The molecule has 0 spiro atoms. The van der Waals surface area contributed by atoms with Crippen LogP contribution in [0.1, 0.15) is 17.5 Å². The minimum absolute atomic E-state index is 0.0874. The number of nitrogens with two attached hydrogens (primary N) is 1. The van der Waals surface area contributed by atoms with Crippen LogP contribution in [0.15, 0.2) is 58.6 Å². The molecular formula is C24H27BrN2O6. The van der Waals surface area contributed by atoms with Crippen molar-refractivity contribution in [1.82, 2.24) is 5.32 Å². The number of hydrogen-bond donors (Lipinski definition) is 4. The number of rotatable bonds is 8. The molecule has 3 rings (SSSR count). The van der Waals surface area contributed by atoms with Crippen LogP contribution < -0.4 is 20.5 Å². The van der Waals surface area contributed by atoms with Crippen LogP contribution in [0.4, 0.5) is 0 Å². The quantitative estimate of drug-likeness (QED) is 0.421. The normalized spacial score (nSPS) is 21.0. The molecule has 9 heteroatoms. The number of benzene rings is 2. The lowest BCUT2D eigenvalue weighted by Gasteiger charge is -2.31. The molecule has 0 radical (unpaired) electrons. The Morgan fingerprint density at radius 1 is 1.21 bits per heavy atom. The summed E-state index contributed by atoms with van der Waals surface area (Å²) in [4.78, 5) is 24.9. The molecule has 2 amide bonds. The molecule has 0 unspecified atom stereocenters. The van der Waals surface area contributed by atoms with E-state index in [9.17, 15) is 19.8 Å². The molecule has 0 saturated carbocycles. The molecule has 0 heterocycles. The van der Waals surface area contributed by atoms with Gasteiger partial charge in [-0.05, 0) is 64.3 Å². The molecule has 0 aliphatic heterocycles. The van der Waals surface area contributed by atoms with Gasteiger partial charge in [0.1, 0.15) is 29.7 Å². The van der Waals surface area contributed by atoms with Gasteiger partial charge in [0.15, 0.2) is 0 Å². The number of nitrogens with one attached hydrogen (secondary N) is 1. The van der Waals surface area contributed by atoms with Crippen molar-refractivity contribution >= 4 is 27.7 Å². The van der Waals surface area contributed by atoms with E-state index >= 15 is 0 Å². The number of amides is 2. The van der Waals surface area contributed by atoms with E-state index in [1.165, 1.54) is 6.08 Å². The number of hydrogen-bond acceptors (Lipinski definition) is 6. The Labute approximate surface area is 200 Å². The van der Waals surface area contributed by atoms with Gasteiger partial charge in [-0.3, -0.25) is 9.59 Å². The Kier molecular flexibility index (Phi) is 8.12. The van der Waals surface area contributed by atoms with Gasteiger partial charge in [0.2, 0.25) is 11.8 Å². The second-order valence-corrected chi connectivity index (χ2v) is 8.81. The molecule has 4 atom stereocenters. The summed E-state index contributed by atoms with van der Waals surface area (Å²) < 4.78 is 11.7. The number of methoxy groups -OCH3 is 1. The van der Waals surface area contributed by atoms with E-state index in [2.05, 4.69) is 21.2 Å². The Morgan fingerprint density at radius 2 is 1.91 bits per heavy atom. The monoisotopic (exact) mass is 518 g/mol. The van der Waals surface area contributed by atoms with Crippen molar-refractivity contribution in [1.29, 1.82) is 0 Å². The number of carbonyl (C=O) groups excluding carboxylic acids is 2. The van der Waals surface area contributed by atoms with Crippen molar-refractivity contribution in [3.05, 3.63) is 69.7 Å². The largest absolute Gasteiger partial charge is 0.497 e. The standard InChI is InChI=1S/C24H27BrN2O6/c1-13-3-8-20(17(25)9-13)33-21-12-15(11-19(28)22(21)29)24(31)27-18(23(26)30)10-14-4-6-16(32-2)7-5-14/h3-9,12,18-19,21-22,28-29H,10-11H2,1-2H3,(H2,26,30)(H,27,31)/t18-,19+,21+,22+/m0/s1. The van der Waals surface area contributed by atoms with E-state index in [-0.39, 0.29) is 18.4 Å². The summed E-state index contributed by atoms with van der Waals surface area (Å²) in [5, 5.41) is 23.4. The molecule has 8 nitrogen and oxygen atoms in total. The van der Waals surface area contributed by atoms with Gasteiger partial charge < -0.3 is 30.7 Å². The fourth-order valence-corrected chi connectivity index (χ4v) is 4.11. The third-order valence-corrected chi connectivity index (χ3v) is 6.03. The zero-order valence-electron chi connectivity index (χ0n) is 18.3. The fraction of sp³-hybridized carbons (Fsp3) is 0.333.